The van der Waals surface area contributed by atoms with Crippen molar-refractivity contribution in [2.24, 2.45) is 0 Å². The maximum Gasteiger partial charge on any atom is 0.417 e. The monoisotopic (exact) mass is 587 g/mol. The van der Waals surface area contributed by atoms with Crippen molar-refractivity contribution in [2.75, 3.05) is 19.8 Å². The second kappa shape index (κ2) is 13.0. The van der Waals surface area contributed by atoms with Gasteiger partial charge in [0.25, 0.3) is 0 Å². The van der Waals surface area contributed by atoms with Crippen LogP contribution in [0.25, 0.3) is 11.0 Å². The van der Waals surface area contributed by atoms with Crippen LogP contribution in [0.2, 0.25) is 0 Å². The van der Waals surface area contributed by atoms with Crippen molar-refractivity contribution in [3.8, 4) is 11.5 Å². The molecule has 3 aromatic rings. The fraction of sp³-hybridized carbons (Fsp3) is 0.469. The molecule has 0 aliphatic carbocycles. The van der Waals surface area contributed by atoms with E-state index in [9.17, 15) is 27.6 Å². The van der Waals surface area contributed by atoms with E-state index in [0.717, 1.165) is 24.2 Å². The number of rotatable bonds is 13. The Hall–Kier alpha value is -3.82. The normalized spacial score (nSPS) is 17.3. The van der Waals surface area contributed by atoms with Crippen LogP contribution in [0.15, 0.2) is 51.7 Å². The number of carbonyl (C=O) groups is 2. The number of amides is 2. The molecule has 1 aliphatic rings. The highest BCUT2D eigenvalue weighted by Crippen LogP contribution is 2.39. The molecule has 0 radical (unpaired) electrons. The number of likely N-dealkylation sites (tertiary alicyclic amines) is 1. The van der Waals surface area contributed by atoms with Gasteiger partial charge >= 0.3 is 11.8 Å². The SMILES string of the molecule is CCCCOc1ccc(C2(C)CC(=O)N(CCCCOc3ccc4c(C(F)(F)F)cc(=O)oc4c3CCC)C2=O)cc1. The number of hydrogen-bond donors (Lipinski definition) is 0. The summed E-state index contributed by atoms with van der Waals surface area (Å²) in [5.41, 5.74) is -2.03. The molecule has 226 valence electrons. The maximum absolute atomic E-state index is 13.5. The van der Waals surface area contributed by atoms with E-state index < -0.39 is 22.8 Å². The van der Waals surface area contributed by atoms with Crippen molar-refractivity contribution in [1.82, 2.24) is 4.90 Å². The Morgan fingerprint density at radius 3 is 2.31 bits per heavy atom. The van der Waals surface area contributed by atoms with Crippen LogP contribution in [0.3, 0.4) is 0 Å². The lowest BCUT2D eigenvalue weighted by molar-refractivity contribution is -0.140. The maximum atomic E-state index is 13.5. The van der Waals surface area contributed by atoms with E-state index in [0.29, 0.717) is 49.7 Å². The van der Waals surface area contributed by atoms with Gasteiger partial charge in [0, 0.05) is 30.0 Å². The number of ether oxygens (including phenoxy) is 2. The Balaban J connectivity index is 1.37. The molecule has 2 heterocycles. The van der Waals surface area contributed by atoms with Gasteiger partial charge in [0.2, 0.25) is 11.8 Å². The molecule has 10 heteroatoms. The van der Waals surface area contributed by atoms with Gasteiger partial charge in [0.1, 0.15) is 17.1 Å². The van der Waals surface area contributed by atoms with E-state index in [1.165, 1.54) is 17.0 Å². The molecule has 1 aromatic heterocycles. The van der Waals surface area contributed by atoms with Gasteiger partial charge in [0.05, 0.1) is 24.2 Å². The molecule has 1 unspecified atom stereocenters. The van der Waals surface area contributed by atoms with Gasteiger partial charge < -0.3 is 13.9 Å². The van der Waals surface area contributed by atoms with E-state index >= 15 is 0 Å². The quantitative estimate of drug-likeness (QED) is 0.124. The number of alkyl halides is 3. The average Bonchev–Trinajstić information content (AvgIpc) is 3.17. The number of carbonyl (C=O) groups excluding carboxylic acids is 2. The second-order valence-corrected chi connectivity index (χ2v) is 10.8. The highest BCUT2D eigenvalue weighted by atomic mass is 19.4. The summed E-state index contributed by atoms with van der Waals surface area (Å²) in [7, 11) is 0. The zero-order valence-corrected chi connectivity index (χ0v) is 24.1. The number of imide groups is 1. The van der Waals surface area contributed by atoms with Crippen molar-refractivity contribution in [1.29, 1.82) is 0 Å². The van der Waals surface area contributed by atoms with Crippen LogP contribution in [0.4, 0.5) is 13.2 Å². The molecular formula is C32H36F3NO6. The van der Waals surface area contributed by atoms with Gasteiger partial charge in [-0.05, 0) is 62.4 Å². The van der Waals surface area contributed by atoms with E-state index in [2.05, 4.69) is 6.92 Å². The molecule has 4 rings (SSSR count). The number of fused-ring (bicyclic) bond motifs is 1. The molecular weight excluding hydrogens is 551 g/mol. The van der Waals surface area contributed by atoms with Gasteiger partial charge in [-0.1, -0.05) is 38.8 Å². The third-order valence-corrected chi connectivity index (χ3v) is 7.59. The first kappa shape index (κ1) is 31.1. The summed E-state index contributed by atoms with van der Waals surface area (Å²) in [5, 5.41) is -0.189. The molecule has 1 atom stereocenters. The number of aryl methyl sites for hydroxylation is 1. The van der Waals surface area contributed by atoms with Gasteiger partial charge in [0.15, 0.2) is 0 Å². The Morgan fingerprint density at radius 1 is 0.929 bits per heavy atom. The van der Waals surface area contributed by atoms with Crippen LogP contribution in [-0.4, -0.2) is 36.5 Å². The average molecular weight is 588 g/mol. The number of hydrogen-bond acceptors (Lipinski definition) is 6. The largest absolute Gasteiger partial charge is 0.494 e. The first-order valence-corrected chi connectivity index (χ1v) is 14.4. The topological polar surface area (TPSA) is 86.0 Å². The predicted octanol–water partition coefficient (Wildman–Crippen LogP) is 6.82. The Morgan fingerprint density at radius 2 is 1.64 bits per heavy atom. The first-order valence-electron chi connectivity index (χ1n) is 14.4. The van der Waals surface area contributed by atoms with E-state index in [1.807, 2.05) is 31.2 Å². The highest BCUT2D eigenvalue weighted by Gasteiger charge is 2.49. The van der Waals surface area contributed by atoms with Gasteiger partial charge in [-0.3, -0.25) is 14.5 Å². The van der Waals surface area contributed by atoms with Gasteiger partial charge in [-0.25, -0.2) is 4.79 Å². The number of halogens is 3. The lowest BCUT2D eigenvalue weighted by atomic mass is 9.81. The molecule has 0 N–H and O–H groups in total. The van der Waals surface area contributed by atoms with E-state index in [-0.39, 0.29) is 42.4 Å². The highest BCUT2D eigenvalue weighted by molar-refractivity contribution is 6.08. The van der Waals surface area contributed by atoms with Crippen molar-refractivity contribution >= 4 is 22.8 Å². The van der Waals surface area contributed by atoms with Crippen molar-refractivity contribution in [3.63, 3.8) is 0 Å². The predicted molar refractivity (Wildman–Crippen MR) is 152 cm³/mol. The minimum atomic E-state index is -4.70. The van der Waals surface area contributed by atoms with E-state index in [1.54, 1.807) is 6.92 Å². The third kappa shape index (κ3) is 6.63. The summed E-state index contributed by atoms with van der Waals surface area (Å²) in [4.78, 5) is 39.3. The second-order valence-electron chi connectivity index (χ2n) is 10.8. The van der Waals surface area contributed by atoms with Gasteiger partial charge in [-0.2, -0.15) is 13.2 Å². The summed E-state index contributed by atoms with van der Waals surface area (Å²) in [6, 6.07) is 10.5. The summed E-state index contributed by atoms with van der Waals surface area (Å²) in [6.07, 6.45) is -0.692. The zero-order chi connectivity index (χ0) is 30.5. The van der Waals surface area contributed by atoms with E-state index in [4.69, 9.17) is 13.9 Å². The first-order chi connectivity index (χ1) is 20.0. The van der Waals surface area contributed by atoms with Crippen LogP contribution in [0.5, 0.6) is 11.5 Å². The number of benzene rings is 2. The van der Waals surface area contributed by atoms with Gasteiger partial charge in [-0.15, -0.1) is 0 Å². The van der Waals surface area contributed by atoms with Crippen LogP contribution in [0, 0.1) is 0 Å². The van der Waals surface area contributed by atoms with Crippen LogP contribution >= 0.6 is 0 Å². The summed E-state index contributed by atoms with van der Waals surface area (Å²) >= 11 is 0. The molecule has 42 heavy (non-hydrogen) atoms. The molecule has 7 nitrogen and oxygen atoms in total. The molecule has 0 bridgehead atoms. The van der Waals surface area contributed by atoms with Crippen LogP contribution in [0.1, 0.15) is 76.0 Å². The summed E-state index contributed by atoms with van der Waals surface area (Å²) in [6.45, 7) is 6.79. The van der Waals surface area contributed by atoms with Crippen LogP contribution < -0.4 is 15.1 Å². The fourth-order valence-electron chi connectivity index (χ4n) is 5.26. The summed E-state index contributed by atoms with van der Waals surface area (Å²) in [5.74, 6) is 0.584. The Bertz CT molecular complexity index is 1480. The minimum absolute atomic E-state index is 0.0843. The number of unbranched alkanes of at least 4 members (excludes halogenated alkanes) is 2. The minimum Gasteiger partial charge on any atom is -0.494 e. The fourth-order valence-corrected chi connectivity index (χ4v) is 5.26. The Kier molecular flexibility index (Phi) is 9.64. The molecule has 2 amide bonds. The van der Waals surface area contributed by atoms with Crippen molar-refractivity contribution < 1.29 is 36.7 Å². The lowest BCUT2D eigenvalue weighted by Gasteiger charge is -2.23. The van der Waals surface area contributed by atoms with Crippen molar-refractivity contribution in [2.45, 2.75) is 77.3 Å². The summed E-state index contributed by atoms with van der Waals surface area (Å²) < 4.78 is 57.4. The number of nitrogens with zero attached hydrogens (tertiary/aromatic N) is 1. The molecule has 1 saturated heterocycles. The lowest BCUT2D eigenvalue weighted by Crippen LogP contribution is -2.37. The standard InChI is InChI=1S/C32H36F3NO6/c1-4-6-17-40-22-12-10-21(11-13-22)31(3)20-27(37)36(30(31)39)16-7-8-18-41-26-15-14-23-25(32(33,34)35)19-28(38)42-29(23)24(26)9-5-2/h10-15,19H,4-9,16-18,20H2,1-3H3. The molecule has 2 aromatic carbocycles. The molecule has 0 spiro atoms. The zero-order valence-electron chi connectivity index (χ0n) is 24.1. The molecule has 0 saturated carbocycles. The third-order valence-electron chi connectivity index (χ3n) is 7.59. The van der Waals surface area contributed by atoms with Crippen molar-refractivity contribution in [3.05, 3.63) is 69.6 Å². The molecule has 1 fully saturated rings. The Labute approximate surface area is 242 Å². The van der Waals surface area contributed by atoms with Crippen LogP contribution in [-0.2, 0) is 27.6 Å². The smallest absolute Gasteiger partial charge is 0.417 e. The molecule has 1 aliphatic heterocycles.